The minimum Gasteiger partial charge on any atom is -0.394 e. The zero-order valence-corrected chi connectivity index (χ0v) is 21.7. The molecule has 234 valence electrons. The Labute approximate surface area is 229 Å². The minimum atomic E-state index is -1.76. The lowest BCUT2D eigenvalue weighted by atomic mass is 9.83. The topological polar surface area (TPSA) is 332 Å². The van der Waals surface area contributed by atoms with Crippen LogP contribution < -0.4 is 28.3 Å². The second kappa shape index (κ2) is 14.3. The SMILES string of the molecule is NCC[C@H](O)C(=O)N[C@@H]1C[C@H](N)[C@H](O[C@@H]2O[C@H](CN)[C@H](O)[C@H](O)[C@@H]2O)[C@H](O)[C@@H]1O[C@@H]1O[C@H](CO)[C@H](O)[C@@H](N)[C@H]1O. The molecule has 3 rings (SSSR count). The van der Waals surface area contributed by atoms with Gasteiger partial charge in [0.15, 0.2) is 12.6 Å². The van der Waals surface area contributed by atoms with Gasteiger partial charge in [0.05, 0.1) is 18.7 Å². The van der Waals surface area contributed by atoms with E-state index in [1.165, 1.54) is 0 Å². The van der Waals surface area contributed by atoms with Gasteiger partial charge in [0.2, 0.25) is 5.91 Å². The number of hydrogen-bond acceptors (Lipinski definition) is 17. The molecule has 1 saturated carbocycles. The molecular formula is C22H43N5O13. The number of nitrogens with one attached hydrogen (secondary N) is 1. The van der Waals surface area contributed by atoms with Crippen molar-refractivity contribution in [3.8, 4) is 0 Å². The van der Waals surface area contributed by atoms with E-state index in [1.807, 2.05) is 0 Å². The van der Waals surface area contributed by atoms with Crippen molar-refractivity contribution < 1.29 is 64.6 Å². The van der Waals surface area contributed by atoms with Crippen LogP contribution in [0.3, 0.4) is 0 Å². The van der Waals surface area contributed by atoms with Crippen LogP contribution >= 0.6 is 0 Å². The molecule has 18 heteroatoms. The van der Waals surface area contributed by atoms with Crippen LogP contribution in [-0.2, 0) is 23.7 Å². The highest BCUT2D eigenvalue weighted by Gasteiger charge is 2.52. The monoisotopic (exact) mass is 585 g/mol. The summed E-state index contributed by atoms with van der Waals surface area (Å²) in [5.74, 6) is -0.845. The maximum absolute atomic E-state index is 12.6. The number of amides is 1. The first-order valence-electron chi connectivity index (χ1n) is 13.1. The average Bonchev–Trinajstić information content (AvgIpc) is 2.92. The van der Waals surface area contributed by atoms with Gasteiger partial charge in [-0.25, -0.2) is 0 Å². The highest BCUT2D eigenvalue weighted by molar-refractivity contribution is 5.80. The van der Waals surface area contributed by atoms with Crippen molar-refractivity contribution in [2.24, 2.45) is 22.9 Å². The molecule has 0 aromatic heterocycles. The first kappa shape index (κ1) is 33.3. The van der Waals surface area contributed by atoms with Gasteiger partial charge in [0.1, 0.15) is 67.1 Å². The third-order valence-corrected chi connectivity index (χ3v) is 7.51. The molecule has 2 saturated heterocycles. The van der Waals surface area contributed by atoms with Gasteiger partial charge in [-0.3, -0.25) is 4.79 Å². The Morgan fingerprint density at radius 1 is 0.850 bits per heavy atom. The van der Waals surface area contributed by atoms with Crippen molar-refractivity contribution in [2.75, 3.05) is 19.7 Å². The lowest BCUT2D eigenvalue weighted by molar-refractivity contribution is -0.332. The maximum Gasteiger partial charge on any atom is 0.249 e. The Hall–Kier alpha value is -1.17. The summed E-state index contributed by atoms with van der Waals surface area (Å²) in [5, 5.41) is 84.9. The molecule has 3 aliphatic rings. The zero-order valence-electron chi connectivity index (χ0n) is 21.7. The van der Waals surface area contributed by atoms with Crippen LogP contribution in [0.5, 0.6) is 0 Å². The molecule has 16 atom stereocenters. The molecule has 18 nitrogen and oxygen atoms in total. The number of aliphatic hydroxyl groups excluding tert-OH is 8. The van der Waals surface area contributed by atoms with Crippen LogP contribution in [0.1, 0.15) is 12.8 Å². The van der Waals surface area contributed by atoms with Crippen LogP contribution in [0, 0.1) is 0 Å². The fourth-order valence-electron chi connectivity index (χ4n) is 5.07. The summed E-state index contributed by atoms with van der Waals surface area (Å²) in [6, 6.07) is -3.45. The van der Waals surface area contributed by atoms with Crippen LogP contribution in [0.25, 0.3) is 0 Å². The Kier molecular flexibility index (Phi) is 11.9. The van der Waals surface area contributed by atoms with Gasteiger partial charge in [0.25, 0.3) is 0 Å². The fraction of sp³-hybridized carbons (Fsp3) is 0.955. The standard InChI is InChI=1S/C22H43N5O13/c23-2-1-8(29)20(36)27-7-3-6(25)18(39-22-16(34)15(33)13(31)9(4-24)37-22)17(35)19(7)40-21-14(32)11(26)12(30)10(5-28)38-21/h6-19,21-22,28-35H,1-5,23-26H2,(H,27,36)/t6-,7+,8-,9+,10+,11+,12-,13-,14+,15-,16-,17-,18-,19+,21-,22-/m0/s1. The average molecular weight is 586 g/mol. The molecule has 1 aliphatic carbocycles. The van der Waals surface area contributed by atoms with Crippen molar-refractivity contribution >= 4 is 5.91 Å². The van der Waals surface area contributed by atoms with Crippen molar-refractivity contribution in [2.45, 2.75) is 111 Å². The number of hydrogen-bond donors (Lipinski definition) is 13. The van der Waals surface area contributed by atoms with Crippen molar-refractivity contribution in [3.05, 3.63) is 0 Å². The summed E-state index contributed by atoms with van der Waals surface area (Å²) in [4.78, 5) is 12.6. The van der Waals surface area contributed by atoms with Crippen molar-refractivity contribution in [3.63, 3.8) is 0 Å². The Balaban J connectivity index is 1.85. The number of aliphatic hydroxyl groups is 8. The molecule has 0 spiro atoms. The zero-order chi connectivity index (χ0) is 29.9. The molecule has 0 aromatic rings. The number of nitrogens with two attached hydrogens (primary N) is 4. The van der Waals surface area contributed by atoms with E-state index in [9.17, 15) is 45.6 Å². The second-order valence-electron chi connectivity index (χ2n) is 10.3. The molecule has 2 aliphatic heterocycles. The van der Waals surface area contributed by atoms with E-state index in [2.05, 4.69) is 5.32 Å². The number of carbonyl (C=O) groups is 1. The molecule has 0 bridgehead atoms. The summed E-state index contributed by atoms with van der Waals surface area (Å²) in [6.07, 6.45) is -19.8. The fourth-order valence-corrected chi connectivity index (χ4v) is 5.07. The van der Waals surface area contributed by atoms with Crippen molar-refractivity contribution in [1.29, 1.82) is 0 Å². The van der Waals surface area contributed by atoms with E-state index in [4.69, 9.17) is 41.9 Å². The van der Waals surface area contributed by atoms with E-state index in [-0.39, 0.29) is 25.9 Å². The summed E-state index contributed by atoms with van der Waals surface area (Å²) >= 11 is 0. The van der Waals surface area contributed by atoms with E-state index in [0.29, 0.717) is 0 Å². The van der Waals surface area contributed by atoms with Crippen LogP contribution in [0.15, 0.2) is 0 Å². The van der Waals surface area contributed by atoms with Crippen LogP contribution in [0.2, 0.25) is 0 Å². The number of ether oxygens (including phenoxy) is 4. The summed E-state index contributed by atoms with van der Waals surface area (Å²) in [7, 11) is 0. The number of carbonyl (C=O) groups excluding carboxylic acids is 1. The van der Waals surface area contributed by atoms with E-state index in [0.717, 1.165) is 0 Å². The largest absolute Gasteiger partial charge is 0.394 e. The van der Waals surface area contributed by atoms with E-state index < -0.39 is 110 Å². The molecule has 2 heterocycles. The van der Waals surface area contributed by atoms with Gasteiger partial charge >= 0.3 is 0 Å². The second-order valence-corrected chi connectivity index (χ2v) is 10.3. The minimum absolute atomic E-state index is 0.0101. The molecular weight excluding hydrogens is 542 g/mol. The third kappa shape index (κ3) is 7.06. The summed E-state index contributed by atoms with van der Waals surface area (Å²) < 4.78 is 22.5. The highest BCUT2D eigenvalue weighted by Crippen LogP contribution is 2.32. The van der Waals surface area contributed by atoms with Gasteiger partial charge < -0.3 is 88.1 Å². The van der Waals surface area contributed by atoms with Crippen LogP contribution in [0.4, 0.5) is 0 Å². The Bertz CT molecular complexity index is 815. The predicted octanol–water partition coefficient (Wildman–Crippen LogP) is -8.42. The normalized spacial score (nSPS) is 47.0. The molecule has 0 radical (unpaired) electrons. The first-order chi connectivity index (χ1) is 18.9. The van der Waals surface area contributed by atoms with Crippen molar-refractivity contribution in [1.82, 2.24) is 5.32 Å². The Morgan fingerprint density at radius 3 is 2.05 bits per heavy atom. The number of rotatable bonds is 10. The van der Waals surface area contributed by atoms with Crippen LogP contribution in [-0.4, -0.2) is 164 Å². The predicted molar refractivity (Wildman–Crippen MR) is 131 cm³/mol. The summed E-state index contributed by atoms with van der Waals surface area (Å²) in [6.45, 7) is -0.898. The molecule has 0 unspecified atom stereocenters. The van der Waals surface area contributed by atoms with E-state index >= 15 is 0 Å². The van der Waals surface area contributed by atoms with Gasteiger partial charge in [-0.05, 0) is 19.4 Å². The van der Waals surface area contributed by atoms with E-state index in [1.54, 1.807) is 0 Å². The highest BCUT2D eigenvalue weighted by atomic mass is 16.7. The van der Waals surface area contributed by atoms with Gasteiger partial charge in [-0.2, -0.15) is 0 Å². The maximum atomic E-state index is 12.6. The van der Waals surface area contributed by atoms with Gasteiger partial charge in [-0.15, -0.1) is 0 Å². The smallest absolute Gasteiger partial charge is 0.249 e. The summed E-state index contributed by atoms with van der Waals surface area (Å²) in [5.41, 5.74) is 23.1. The lowest BCUT2D eigenvalue weighted by Gasteiger charge is -2.49. The van der Waals surface area contributed by atoms with Gasteiger partial charge in [0, 0.05) is 12.6 Å². The molecule has 17 N–H and O–H groups in total. The lowest BCUT2D eigenvalue weighted by Crippen LogP contribution is -2.69. The molecule has 3 fully saturated rings. The Morgan fingerprint density at radius 2 is 1.45 bits per heavy atom. The van der Waals surface area contributed by atoms with Gasteiger partial charge in [-0.1, -0.05) is 0 Å². The molecule has 0 aromatic carbocycles. The third-order valence-electron chi connectivity index (χ3n) is 7.51. The molecule has 1 amide bonds. The quantitative estimate of drug-likeness (QED) is 0.113. The first-order valence-corrected chi connectivity index (χ1v) is 13.1. The molecule has 40 heavy (non-hydrogen) atoms.